The van der Waals surface area contributed by atoms with E-state index in [2.05, 4.69) is 11.1 Å². The lowest BCUT2D eigenvalue weighted by Gasteiger charge is -2.37. The van der Waals surface area contributed by atoms with Gasteiger partial charge in [-0.1, -0.05) is 11.6 Å². The van der Waals surface area contributed by atoms with Gasteiger partial charge in [-0.15, -0.1) is 0 Å². The van der Waals surface area contributed by atoms with Gasteiger partial charge in [0.25, 0.3) is 5.56 Å². The number of fused-ring (bicyclic) bond motifs is 1. The normalized spacial score (nSPS) is 16.7. The maximum atomic E-state index is 13.4. The number of aryl methyl sites for hydroxylation is 1. The molecule has 3 rings (SSSR count). The van der Waals surface area contributed by atoms with E-state index in [0.29, 0.717) is 12.1 Å². The van der Waals surface area contributed by atoms with Crippen molar-refractivity contribution in [3.63, 3.8) is 0 Å². The number of aromatic nitrogens is 1. The van der Waals surface area contributed by atoms with Crippen LogP contribution >= 0.6 is 0 Å². The lowest BCUT2D eigenvalue weighted by atomic mass is 10.1. The Kier molecular flexibility index (Phi) is 6.63. The number of hydrogen-bond acceptors (Lipinski definition) is 3. The van der Waals surface area contributed by atoms with E-state index in [4.69, 9.17) is 4.74 Å². The van der Waals surface area contributed by atoms with Crippen LogP contribution in [0.5, 0.6) is 0 Å². The minimum Gasteiger partial charge on any atom is -0.376 e. The number of H-pyrrole nitrogens is 1. The summed E-state index contributed by atoms with van der Waals surface area (Å²) in [5, 5.41) is 0.980. The monoisotopic (exact) mass is 399 g/mol. The third kappa shape index (κ3) is 4.99. The van der Waals surface area contributed by atoms with Crippen LogP contribution < -0.4 is 5.56 Å². The highest BCUT2D eigenvalue weighted by atomic mass is 16.5. The predicted molar refractivity (Wildman–Crippen MR) is 116 cm³/mol. The molecular weight excluding hydrogens is 366 g/mol. The lowest BCUT2D eigenvalue weighted by Crippen LogP contribution is -2.51. The summed E-state index contributed by atoms with van der Waals surface area (Å²) >= 11 is 0. The Morgan fingerprint density at radius 1 is 1.21 bits per heavy atom. The Morgan fingerprint density at radius 3 is 2.55 bits per heavy atom. The average Bonchev–Trinajstić information content (AvgIpc) is 3.14. The predicted octanol–water partition coefficient (Wildman–Crippen LogP) is 4.06. The second-order valence-electron chi connectivity index (χ2n) is 8.61. The quantitative estimate of drug-likeness (QED) is 0.797. The number of ether oxygens (including phenoxy) is 1. The summed E-state index contributed by atoms with van der Waals surface area (Å²) in [6.07, 6.45) is 1.99. The van der Waals surface area contributed by atoms with Gasteiger partial charge in [0.15, 0.2) is 0 Å². The zero-order chi connectivity index (χ0) is 21.1. The smallest absolute Gasteiger partial charge is 0.320 e. The molecule has 1 aromatic carbocycles. The first-order valence-electron chi connectivity index (χ1n) is 10.6. The molecule has 0 unspecified atom stereocenters. The van der Waals surface area contributed by atoms with Gasteiger partial charge >= 0.3 is 6.03 Å². The number of benzene rings is 1. The molecule has 6 nitrogen and oxygen atoms in total. The highest BCUT2D eigenvalue weighted by molar-refractivity contribution is 5.80. The minimum absolute atomic E-state index is 0.0295. The van der Waals surface area contributed by atoms with Crippen LogP contribution in [-0.2, 0) is 11.3 Å². The second-order valence-corrected chi connectivity index (χ2v) is 8.61. The van der Waals surface area contributed by atoms with Crippen LogP contribution in [0.3, 0.4) is 0 Å². The molecule has 29 heavy (non-hydrogen) atoms. The molecule has 1 aliphatic rings. The molecule has 1 atom stereocenters. The summed E-state index contributed by atoms with van der Waals surface area (Å²) in [6, 6.07) is 7.97. The van der Waals surface area contributed by atoms with Crippen LogP contribution in [0.15, 0.2) is 29.1 Å². The Balaban J connectivity index is 1.93. The van der Waals surface area contributed by atoms with E-state index in [9.17, 15) is 9.59 Å². The summed E-state index contributed by atoms with van der Waals surface area (Å²) < 4.78 is 5.79. The molecule has 2 heterocycles. The highest BCUT2D eigenvalue weighted by Crippen LogP contribution is 2.19. The number of nitrogens with one attached hydrogen (secondary N) is 1. The fourth-order valence-electron chi connectivity index (χ4n) is 4.14. The van der Waals surface area contributed by atoms with Crippen LogP contribution in [0.25, 0.3) is 10.9 Å². The number of carbonyl (C=O) groups excluding carboxylic acids is 1. The summed E-state index contributed by atoms with van der Waals surface area (Å²) in [7, 11) is 0. The summed E-state index contributed by atoms with van der Waals surface area (Å²) in [4.78, 5) is 32.8. The van der Waals surface area contributed by atoms with E-state index >= 15 is 0 Å². The largest absolute Gasteiger partial charge is 0.376 e. The lowest BCUT2D eigenvalue weighted by molar-refractivity contribution is 0.0637. The number of aromatic amines is 1. The number of carbonyl (C=O) groups is 1. The van der Waals surface area contributed by atoms with Crippen LogP contribution in [0.2, 0.25) is 0 Å². The van der Waals surface area contributed by atoms with Gasteiger partial charge in [0, 0.05) is 36.3 Å². The van der Waals surface area contributed by atoms with Gasteiger partial charge in [-0.3, -0.25) is 4.79 Å². The molecule has 0 radical (unpaired) electrons. The fourth-order valence-corrected chi connectivity index (χ4v) is 4.14. The molecule has 1 fully saturated rings. The van der Waals surface area contributed by atoms with Crippen molar-refractivity contribution in [1.29, 1.82) is 0 Å². The van der Waals surface area contributed by atoms with Crippen molar-refractivity contribution in [2.45, 2.75) is 72.2 Å². The average molecular weight is 400 g/mol. The van der Waals surface area contributed by atoms with Crippen LogP contribution in [0.1, 0.15) is 51.7 Å². The Labute approximate surface area is 172 Å². The van der Waals surface area contributed by atoms with Crippen LogP contribution in [0.4, 0.5) is 4.79 Å². The van der Waals surface area contributed by atoms with Gasteiger partial charge in [-0.25, -0.2) is 4.79 Å². The van der Waals surface area contributed by atoms with E-state index in [1.54, 1.807) is 4.90 Å². The van der Waals surface area contributed by atoms with Gasteiger partial charge in [0.05, 0.1) is 12.6 Å². The molecule has 1 N–H and O–H groups in total. The fraction of sp³-hybridized carbons (Fsp3) is 0.565. The molecule has 6 heteroatoms. The van der Waals surface area contributed by atoms with Crippen molar-refractivity contribution in [3.8, 4) is 0 Å². The number of nitrogens with zero attached hydrogens (tertiary/aromatic N) is 2. The summed E-state index contributed by atoms with van der Waals surface area (Å²) in [5.41, 5.74) is 2.40. The molecule has 158 valence electrons. The van der Waals surface area contributed by atoms with E-state index in [1.165, 1.54) is 0 Å². The number of urea groups is 1. The molecule has 2 aromatic rings. The maximum absolute atomic E-state index is 13.4. The van der Waals surface area contributed by atoms with E-state index in [-0.39, 0.29) is 36.3 Å². The first-order chi connectivity index (χ1) is 13.8. The molecule has 0 bridgehead atoms. The van der Waals surface area contributed by atoms with Gasteiger partial charge in [0.2, 0.25) is 0 Å². The minimum atomic E-state index is -0.146. The Morgan fingerprint density at radius 2 is 1.93 bits per heavy atom. The second kappa shape index (κ2) is 8.99. The third-order valence-electron chi connectivity index (χ3n) is 5.49. The first kappa shape index (κ1) is 21.4. The molecule has 0 saturated carbocycles. The zero-order valence-electron chi connectivity index (χ0n) is 18.2. The van der Waals surface area contributed by atoms with Gasteiger partial charge in [-0.05, 0) is 71.0 Å². The SMILES string of the molecule is Cc1ccc2[nH]c(=O)c(CN(C[C@H]3CCCO3)C(=O)N(C(C)C)C(C)C)cc2c1. The van der Waals surface area contributed by atoms with Crippen LogP contribution in [-0.4, -0.2) is 52.2 Å². The van der Waals surface area contributed by atoms with Crippen LogP contribution in [0, 0.1) is 6.92 Å². The topological polar surface area (TPSA) is 65.6 Å². The van der Waals surface area contributed by atoms with Crippen molar-refractivity contribution in [2.24, 2.45) is 0 Å². The van der Waals surface area contributed by atoms with Crippen molar-refractivity contribution in [3.05, 3.63) is 45.7 Å². The van der Waals surface area contributed by atoms with E-state index in [1.807, 2.05) is 57.7 Å². The van der Waals surface area contributed by atoms with Gasteiger partial charge in [-0.2, -0.15) is 0 Å². The molecule has 1 saturated heterocycles. The van der Waals surface area contributed by atoms with Crippen molar-refractivity contribution in [1.82, 2.24) is 14.8 Å². The standard InChI is InChI=1S/C23H33N3O3/c1-15(2)26(16(3)4)23(28)25(14-20-7-6-10-29-20)13-19-12-18-11-17(5)8-9-21(18)24-22(19)27/h8-9,11-12,15-16,20H,6-7,10,13-14H2,1-5H3,(H,24,27)/t20-/m1/s1. The number of pyridine rings is 1. The molecular formula is C23H33N3O3. The third-order valence-corrected chi connectivity index (χ3v) is 5.49. The molecule has 1 aliphatic heterocycles. The van der Waals surface area contributed by atoms with E-state index < -0.39 is 0 Å². The number of hydrogen-bond donors (Lipinski definition) is 1. The van der Waals surface area contributed by atoms with Crippen molar-refractivity contribution >= 4 is 16.9 Å². The Hall–Kier alpha value is -2.34. The summed E-state index contributed by atoms with van der Waals surface area (Å²) in [5.74, 6) is 0. The molecule has 1 aromatic heterocycles. The van der Waals surface area contributed by atoms with Crippen molar-refractivity contribution < 1.29 is 9.53 Å². The first-order valence-corrected chi connectivity index (χ1v) is 10.6. The molecule has 0 spiro atoms. The van der Waals surface area contributed by atoms with E-state index in [0.717, 1.165) is 35.9 Å². The van der Waals surface area contributed by atoms with Gasteiger partial charge in [0.1, 0.15) is 0 Å². The zero-order valence-corrected chi connectivity index (χ0v) is 18.2. The number of amides is 2. The van der Waals surface area contributed by atoms with Crippen molar-refractivity contribution in [2.75, 3.05) is 13.2 Å². The molecule has 2 amide bonds. The highest BCUT2D eigenvalue weighted by Gasteiger charge is 2.29. The summed E-state index contributed by atoms with van der Waals surface area (Å²) in [6.45, 7) is 11.6. The maximum Gasteiger partial charge on any atom is 0.320 e. The molecule has 0 aliphatic carbocycles. The Bertz CT molecular complexity index is 905. The van der Waals surface area contributed by atoms with Gasteiger partial charge < -0.3 is 19.5 Å². The number of rotatable bonds is 6.